The molecule has 174 valence electrons. The number of rotatable bonds is 6. The van der Waals surface area contributed by atoms with Crippen LogP contribution in [0.25, 0.3) is 11.2 Å². The van der Waals surface area contributed by atoms with Crippen molar-refractivity contribution in [3.05, 3.63) is 35.8 Å². The zero-order valence-corrected chi connectivity index (χ0v) is 17.7. The number of aldehydes is 1. The summed E-state index contributed by atoms with van der Waals surface area (Å²) < 4.78 is 49.1. The first-order chi connectivity index (χ1) is 16.0. The Morgan fingerprint density at radius 2 is 1.82 bits per heavy atom. The molecule has 0 unspecified atom stereocenters. The van der Waals surface area contributed by atoms with Crippen molar-refractivity contribution in [3.63, 3.8) is 0 Å². The Kier molecular flexibility index (Phi) is 5.88. The second-order valence-electron chi connectivity index (χ2n) is 8.49. The smallest absolute Gasteiger partial charge is 0.224 e. The van der Waals surface area contributed by atoms with Gasteiger partial charge in [-0.1, -0.05) is 0 Å². The van der Waals surface area contributed by atoms with E-state index in [1.807, 2.05) is 0 Å². The minimum atomic E-state index is -1.06. The molecule has 11 heteroatoms. The van der Waals surface area contributed by atoms with Crippen LogP contribution in [-0.2, 0) is 9.53 Å². The maximum atomic E-state index is 14.3. The molecule has 2 N–H and O–H groups in total. The summed E-state index contributed by atoms with van der Waals surface area (Å²) in [5.41, 5.74) is 0.447. The molecule has 0 radical (unpaired) electrons. The van der Waals surface area contributed by atoms with E-state index in [0.717, 1.165) is 32.0 Å². The molecule has 1 aliphatic carbocycles. The van der Waals surface area contributed by atoms with Crippen LogP contribution >= 0.6 is 0 Å². The van der Waals surface area contributed by atoms with E-state index < -0.39 is 23.1 Å². The van der Waals surface area contributed by atoms with Gasteiger partial charge in [-0.2, -0.15) is 4.98 Å². The number of halogens is 3. The van der Waals surface area contributed by atoms with Gasteiger partial charge < -0.3 is 20.2 Å². The third-order valence-electron chi connectivity index (χ3n) is 6.24. The Hall–Kier alpha value is -3.21. The Bertz CT molecular complexity index is 1150. The van der Waals surface area contributed by atoms with E-state index in [2.05, 4.69) is 25.6 Å². The molecule has 2 aromatic heterocycles. The normalized spacial score (nSPS) is 23.1. The second-order valence-corrected chi connectivity index (χ2v) is 8.49. The molecule has 1 aromatic carbocycles. The summed E-state index contributed by atoms with van der Waals surface area (Å²) in [5.74, 6) is -2.43. The number of anilines is 3. The molecule has 2 aliphatic rings. The van der Waals surface area contributed by atoms with E-state index in [1.54, 1.807) is 10.8 Å². The Labute approximate surface area is 187 Å². The molecule has 1 aliphatic heterocycles. The maximum Gasteiger partial charge on any atom is 0.224 e. The fraction of sp³-hybridized carbons (Fsp3) is 0.455. The zero-order chi connectivity index (χ0) is 22.9. The van der Waals surface area contributed by atoms with Crippen LogP contribution in [0.5, 0.6) is 0 Å². The van der Waals surface area contributed by atoms with Gasteiger partial charge in [0, 0.05) is 30.7 Å². The summed E-state index contributed by atoms with van der Waals surface area (Å²) in [4.78, 5) is 24.4. The largest absolute Gasteiger partial charge is 0.379 e. The molecule has 5 rings (SSSR count). The summed E-state index contributed by atoms with van der Waals surface area (Å²) in [7, 11) is 0. The number of nitrogens with one attached hydrogen (secondary N) is 2. The maximum absolute atomic E-state index is 14.3. The van der Waals surface area contributed by atoms with Crippen molar-refractivity contribution in [2.45, 2.75) is 44.2 Å². The SMILES string of the molecule is O=CC1CCC(Nc2ncc3nc(Nc4c(F)cc(F)cc4F)n([C@H]4CCOC4)c3n2)CC1. The molecule has 0 spiro atoms. The highest BCUT2D eigenvalue weighted by Crippen LogP contribution is 2.32. The Morgan fingerprint density at radius 1 is 1.06 bits per heavy atom. The number of carbonyl (C=O) groups is 1. The highest BCUT2D eigenvalue weighted by molar-refractivity contribution is 5.76. The molecule has 2 fully saturated rings. The van der Waals surface area contributed by atoms with Crippen LogP contribution in [0.2, 0.25) is 0 Å². The lowest BCUT2D eigenvalue weighted by molar-refractivity contribution is -0.111. The summed E-state index contributed by atoms with van der Waals surface area (Å²) in [6.45, 7) is 0.941. The Morgan fingerprint density at radius 3 is 2.48 bits per heavy atom. The van der Waals surface area contributed by atoms with Gasteiger partial charge in [0.05, 0.1) is 18.8 Å². The molecule has 3 aromatic rings. The standard InChI is InChI=1S/C22H23F3N6O2/c23-13-7-16(24)19(17(25)8-13)29-22-28-18-9-26-21(27-14-3-1-12(10-32)2-4-14)30-20(18)31(22)15-5-6-33-11-15/h7-10,12,14-15H,1-6,11H2,(H,28,29)(H,26,27,30)/t12?,14?,15-/m0/s1. The van der Waals surface area contributed by atoms with Crippen molar-refractivity contribution >= 4 is 35.0 Å². The van der Waals surface area contributed by atoms with Crippen molar-refractivity contribution in [1.29, 1.82) is 0 Å². The first-order valence-corrected chi connectivity index (χ1v) is 11.0. The number of imidazole rings is 1. The van der Waals surface area contributed by atoms with Gasteiger partial charge >= 0.3 is 0 Å². The predicted molar refractivity (Wildman–Crippen MR) is 115 cm³/mol. The van der Waals surface area contributed by atoms with E-state index in [4.69, 9.17) is 4.74 Å². The molecule has 1 saturated carbocycles. The number of aromatic nitrogens is 4. The average Bonchev–Trinajstić information content (AvgIpc) is 3.44. The molecule has 33 heavy (non-hydrogen) atoms. The quantitative estimate of drug-likeness (QED) is 0.535. The van der Waals surface area contributed by atoms with E-state index in [9.17, 15) is 18.0 Å². The highest BCUT2D eigenvalue weighted by Gasteiger charge is 2.27. The molecule has 1 atom stereocenters. The summed E-state index contributed by atoms with van der Waals surface area (Å²) in [5, 5.41) is 6.00. The number of hydrogen-bond donors (Lipinski definition) is 2. The summed E-state index contributed by atoms with van der Waals surface area (Å²) in [6.07, 6.45) is 6.58. The molecule has 0 amide bonds. The first kappa shape index (κ1) is 21.6. The lowest BCUT2D eigenvalue weighted by atomic mass is 9.87. The number of carbonyl (C=O) groups excluding carboxylic acids is 1. The van der Waals surface area contributed by atoms with Crippen molar-refractivity contribution in [1.82, 2.24) is 19.5 Å². The van der Waals surface area contributed by atoms with Crippen molar-refractivity contribution in [2.75, 3.05) is 23.8 Å². The molecule has 0 bridgehead atoms. The zero-order valence-electron chi connectivity index (χ0n) is 17.7. The highest BCUT2D eigenvalue weighted by atomic mass is 19.1. The van der Waals surface area contributed by atoms with Crippen LogP contribution in [-0.4, -0.2) is 45.1 Å². The summed E-state index contributed by atoms with van der Waals surface area (Å²) in [6, 6.07) is 1.23. The van der Waals surface area contributed by atoms with Gasteiger partial charge in [-0.3, -0.25) is 4.57 Å². The number of ether oxygens (including phenoxy) is 1. The van der Waals surface area contributed by atoms with Gasteiger partial charge in [0.1, 0.15) is 23.3 Å². The monoisotopic (exact) mass is 460 g/mol. The number of fused-ring (bicyclic) bond motifs is 1. The fourth-order valence-corrected chi connectivity index (χ4v) is 4.48. The van der Waals surface area contributed by atoms with Crippen molar-refractivity contribution < 1.29 is 22.7 Å². The minimum absolute atomic E-state index is 0.108. The van der Waals surface area contributed by atoms with Gasteiger partial charge in [-0.05, 0) is 32.1 Å². The van der Waals surface area contributed by atoms with E-state index in [1.165, 1.54) is 0 Å². The van der Waals surface area contributed by atoms with Gasteiger partial charge in [-0.15, -0.1) is 0 Å². The first-order valence-electron chi connectivity index (χ1n) is 11.0. The molecule has 8 nitrogen and oxygen atoms in total. The van der Waals surface area contributed by atoms with E-state index in [0.29, 0.717) is 48.9 Å². The van der Waals surface area contributed by atoms with Crippen LogP contribution in [0.4, 0.5) is 30.8 Å². The number of benzene rings is 1. The predicted octanol–water partition coefficient (Wildman–Crippen LogP) is 4.12. The van der Waals surface area contributed by atoms with Gasteiger partial charge in [0.2, 0.25) is 11.9 Å². The van der Waals surface area contributed by atoms with Gasteiger partial charge in [-0.25, -0.2) is 23.1 Å². The lowest BCUT2D eigenvalue weighted by Crippen LogP contribution is -2.27. The molecule has 1 saturated heterocycles. The minimum Gasteiger partial charge on any atom is -0.379 e. The topological polar surface area (TPSA) is 94.0 Å². The van der Waals surface area contributed by atoms with Crippen molar-refractivity contribution in [3.8, 4) is 0 Å². The van der Waals surface area contributed by atoms with Gasteiger partial charge in [0.25, 0.3) is 0 Å². The van der Waals surface area contributed by atoms with Gasteiger partial charge in [0.15, 0.2) is 17.3 Å². The van der Waals surface area contributed by atoms with Crippen LogP contribution in [0, 0.1) is 23.4 Å². The number of nitrogens with zero attached hydrogens (tertiary/aromatic N) is 4. The average molecular weight is 460 g/mol. The number of hydrogen-bond acceptors (Lipinski definition) is 7. The van der Waals surface area contributed by atoms with E-state index >= 15 is 0 Å². The second kappa shape index (κ2) is 8.97. The van der Waals surface area contributed by atoms with Crippen LogP contribution in [0.3, 0.4) is 0 Å². The Balaban J connectivity index is 1.48. The fourth-order valence-electron chi connectivity index (χ4n) is 4.48. The van der Waals surface area contributed by atoms with E-state index in [-0.39, 0.29) is 23.9 Å². The third-order valence-corrected chi connectivity index (χ3v) is 6.24. The van der Waals surface area contributed by atoms with Crippen molar-refractivity contribution in [2.24, 2.45) is 5.92 Å². The third kappa shape index (κ3) is 4.37. The van der Waals surface area contributed by atoms with Crippen LogP contribution in [0.15, 0.2) is 18.3 Å². The lowest BCUT2D eigenvalue weighted by Gasteiger charge is -2.26. The molecular weight excluding hydrogens is 437 g/mol. The van der Waals surface area contributed by atoms with Crippen LogP contribution < -0.4 is 10.6 Å². The molecular formula is C22H23F3N6O2. The molecule has 3 heterocycles. The van der Waals surface area contributed by atoms with Crippen LogP contribution in [0.1, 0.15) is 38.1 Å². The summed E-state index contributed by atoms with van der Waals surface area (Å²) >= 11 is 0.